The van der Waals surface area contributed by atoms with E-state index in [0.29, 0.717) is 22.3 Å². The van der Waals surface area contributed by atoms with Crippen molar-refractivity contribution in [3.05, 3.63) is 47.9 Å². The first-order chi connectivity index (χ1) is 10.0. The summed E-state index contributed by atoms with van der Waals surface area (Å²) in [6, 6.07) is 5.13. The van der Waals surface area contributed by atoms with E-state index in [2.05, 4.69) is 4.98 Å². The topological polar surface area (TPSA) is 107 Å². The molecule has 0 fully saturated rings. The fourth-order valence-corrected chi connectivity index (χ4v) is 2.43. The number of primary amides is 1. The number of nitrogens with two attached hydrogens (primary N) is 2. The number of phenols is 1. The first-order valence-corrected chi connectivity index (χ1v) is 6.34. The summed E-state index contributed by atoms with van der Waals surface area (Å²) in [5, 5.41) is 9.89. The molecule has 0 atom stereocenters. The first kappa shape index (κ1) is 13.0. The van der Waals surface area contributed by atoms with Crippen LogP contribution in [0.1, 0.15) is 15.9 Å². The quantitative estimate of drug-likeness (QED) is 0.665. The molecule has 1 amide bonds. The summed E-state index contributed by atoms with van der Waals surface area (Å²) in [6.07, 6.45) is 4.88. The molecule has 0 spiro atoms. The second kappa shape index (κ2) is 4.52. The number of anilines is 1. The summed E-state index contributed by atoms with van der Waals surface area (Å²) in [6.45, 7) is 1.78. The molecule has 0 aliphatic heterocycles. The van der Waals surface area contributed by atoms with Crippen LogP contribution in [-0.4, -0.2) is 20.4 Å². The van der Waals surface area contributed by atoms with Gasteiger partial charge < -0.3 is 21.0 Å². The fourth-order valence-electron chi connectivity index (χ4n) is 2.43. The number of aromatic hydroxyl groups is 1. The molecule has 3 aromatic rings. The van der Waals surface area contributed by atoms with E-state index in [1.807, 2.05) is 6.07 Å². The molecule has 0 saturated heterocycles. The molecule has 0 aliphatic carbocycles. The van der Waals surface area contributed by atoms with Crippen LogP contribution in [0.2, 0.25) is 0 Å². The fraction of sp³-hybridized carbons (Fsp3) is 0.0667. The number of amides is 1. The molecular weight excluding hydrogens is 268 g/mol. The number of benzene rings is 1. The number of imidazole rings is 1. The Hall–Kier alpha value is -3.02. The van der Waals surface area contributed by atoms with Crippen LogP contribution in [0.25, 0.3) is 16.8 Å². The Labute approximate surface area is 120 Å². The molecule has 3 rings (SSSR count). The van der Waals surface area contributed by atoms with Crippen LogP contribution in [-0.2, 0) is 0 Å². The lowest BCUT2D eigenvalue weighted by atomic mass is 9.97. The van der Waals surface area contributed by atoms with Crippen LogP contribution < -0.4 is 11.5 Å². The van der Waals surface area contributed by atoms with Gasteiger partial charge in [0.2, 0.25) is 0 Å². The molecule has 0 bridgehead atoms. The number of nitrogens with zero attached hydrogens (tertiary/aromatic N) is 2. The normalized spacial score (nSPS) is 10.9. The lowest BCUT2D eigenvalue weighted by Gasteiger charge is -2.14. The lowest BCUT2D eigenvalue weighted by molar-refractivity contribution is 0.100. The Kier molecular flexibility index (Phi) is 2.79. The van der Waals surface area contributed by atoms with Gasteiger partial charge in [0.25, 0.3) is 5.91 Å². The number of rotatable bonds is 2. The van der Waals surface area contributed by atoms with E-state index in [0.717, 1.165) is 0 Å². The van der Waals surface area contributed by atoms with Crippen molar-refractivity contribution in [2.24, 2.45) is 5.73 Å². The first-order valence-electron chi connectivity index (χ1n) is 6.34. The van der Waals surface area contributed by atoms with Crippen molar-refractivity contribution in [3.8, 4) is 16.9 Å². The number of hydrogen-bond acceptors (Lipinski definition) is 4. The van der Waals surface area contributed by atoms with Crippen LogP contribution in [0, 0.1) is 6.92 Å². The van der Waals surface area contributed by atoms with Crippen molar-refractivity contribution in [2.45, 2.75) is 6.92 Å². The highest BCUT2D eigenvalue weighted by Crippen LogP contribution is 2.36. The van der Waals surface area contributed by atoms with Crippen LogP contribution >= 0.6 is 0 Å². The Bertz CT molecular complexity index is 867. The molecule has 0 saturated carbocycles. The van der Waals surface area contributed by atoms with Crippen molar-refractivity contribution >= 4 is 17.2 Å². The van der Waals surface area contributed by atoms with E-state index in [-0.39, 0.29) is 17.0 Å². The third-order valence-electron chi connectivity index (χ3n) is 3.56. The SMILES string of the molecule is Cc1c(O)cccc1-c1c(N)c(C(N)=O)cn2ccnc12. The number of carbonyl (C=O) groups is 1. The van der Waals surface area contributed by atoms with E-state index in [9.17, 15) is 9.90 Å². The summed E-state index contributed by atoms with van der Waals surface area (Å²) in [5.41, 5.74) is 14.6. The summed E-state index contributed by atoms with van der Waals surface area (Å²) in [5.74, 6) is -0.455. The van der Waals surface area contributed by atoms with Gasteiger partial charge in [-0.15, -0.1) is 0 Å². The van der Waals surface area contributed by atoms with Gasteiger partial charge in [-0.05, 0) is 24.1 Å². The molecular formula is C15H14N4O2. The highest BCUT2D eigenvalue weighted by molar-refractivity contribution is 6.04. The van der Waals surface area contributed by atoms with Crippen LogP contribution in [0.3, 0.4) is 0 Å². The molecule has 0 unspecified atom stereocenters. The zero-order valence-electron chi connectivity index (χ0n) is 11.4. The molecule has 2 aromatic heterocycles. The maximum atomic E-state index is 11.6. The van der Waals surface area contributed by atoms with Crippen molar-refractivity contribution in [1.29, 1.82) is 0 Å². The molecule has 2 heterocycles. The van der Waals surface area contributed by atoms with Crippen molar-refractivity contribution in [1.82, 2.24) is 9.38 Å². The predicted molar refractivity (Wildman–Crippen MR) is 80.0 cm³/mol. The van der Waals surface area contributed by atoms with Gasteiger partial charge in [-0.2, -0.15) is 0 Å². The number of pyridine rings is 1. The summed E-state index contributed by atoms with van der Waals surface area (Å²) < 4.78 is 1.69. The molecule has 21 heavy (non-hydrogen) atoms. The Morgan fingerprint density at radius 3 is 2.86 bits per heavy atom. The van der Waals surface area contributed by atoms with Gasteiger partial charge in [0.1, 0.15) is 11.4 Å². The minimum absolute atomic E-state index is 0.154. The van der Waals surface area contributed by atoms with Crippen LogP contribution in [0.15, 0.2) is 36.8 Å². The van der Waals surface area contributed by atoms with E-state index in [1.54, 1.807) is 42.0 Å². The average molecular weight is 282 g/mol. The third kappa shape index (κ3) is 1.88. The van der Waals surface area contributed by atoms with Gasteiger partial charge >= 0.3 is 0 Å². The van der Waals surface area contributed by atoms with E-state index in [1.165, 1.54) is 0 Å². The van der Waals surface area contributed by atoms with Gasteiger partial charge in [-0.25, -0.2) is 4.98 Å². The Balaban J connectivity index is 2.46. The molecule has 0 aliphatic rings. The molecule has 0 radical (unpaired) electrons. The predicted octanol–water partition coefficient (Wildman–Crippen LogP) is 1.70. The minimum atomic E-state index is -0.609. The van der Waals surface area contributed by atoms with Gasteiger partial charge in [0.05, 0.1) is 11.3 Å². The van der Waals surface area contributed by atoms with E-state index >= 15 is 0 Å². The number of phenolic OH excluding ortho intramolecular Hbond substituents is 1. The van der Waals surface area contributed by atoms with Gasteiger partial charge in [-0.1, -0.05) is 12.1 Å². The zero-order valence-corrected chi connectivity index (χ0v) is 11.4. The Morgan fingerprint density at radius 2 is 2.14 bits per heavy atom. The number of carbonyl (C=O) groups excluding carboxylic acids is 1. The number of nitrogen functional groups attached to an aromatic ring is 1. The second-order valence-electron chi connectivity index (χ2n) is 4.80. The number of hydrogen-bond donors (Lipinski definition) is 3. The maximum Gasteiger partial charge on any atom is 0.252 e. The molecule has 5 N–H and O–H groups in total. The lowest BCUT2D eigenvalue weighted by Crippen LogP contribution is -2.15. The van der Waals surface area contributed by atoms with E-state index < -0.39 is 5.91 Å². The molecule has 106 valence electrons. The monoisotopic (exact) mass is 282 g/mol. The molecule has 6 nitrogen and oxygen atoms in total. The second-order valence-corrected chi connectivity index (χ2v) is 4.80. The minimum Gasteiger partial charge on any atom is -0.508 e. The van der Waals surface area contributed by atoms with Crippen molar-refractivity contribution in [3.63, 3.8) is 0 Å². The van der Waals surface area contributed by atoms with Crippen molar-refractivity contribution in [2.75, 3.05) is 5.73 Å². The standard InChI is InChI=1S/C15H14N4O2/c1-8-9(3-2-4-11(8)20)12-13(16)10(14(17)21)7-19-6-5-18-15(12)19/h2-7,20H,16H2,1H3,(H2,17,21). The van der Waals surface area contributed by atoms with Crippen molar-refractivity contribution < 1.29 is 9.90 Å². The van der Waals surface area contributed by atoms with Gasteiger partial charge in [-0.3, -0.25) is 4.79 Å². The van der Waals surface area contributed by atoms with Crippen LogP contribution in [0.5, 0.6) is 5.75 Å². The molecule has 1 aromatic carbocycles. The van der Waals surface area contributed by atoms with Gasteiger partial charge in [0.15, 0.2) is 0 Å². The largest absolute Gasteiger partial charge is 0.508 e. The maximum absolute atomic E-state index is 11.6. The highest BCUT2D eigenvalue weighted by atomic mass is 16.3. The van der Waals surface area contributed by atoms with E-state index in [4.69, 9.17) is 11.5 Å². The Morgan fingerprint density at radius 1 is 1.38 bits per heavy atom. The molecule has 6 heteroatoms. The van der Waals surface area contributed by atoms with Crippen LogP contribution in [0.4, 0.5) is 5.69 Å². The number of fused-ring (bicyclic) bond motifs is 1. The average Bonchev–Trinajstić information content (AvgIpc) is 2.89. The smallest absolute Gasteiger partial charge is 0.252 e. The number of aromatic nitrogens is 2. The summed E-state index contributed by atoms with van der Waals surface area (Å²) in [7, 11) is 0. The highest BCUT2D eigenvalue weighted by Gasteiger charge is 2.19. The third-order valence-corrected chi connectivity index (χ3v) is 3.56. The summed E-state index contributed by atoms with van der Waals surface area (Å²) >= 11 is 0. The van der Waals surface area contributed by atoms with Gasteiger partial charge in [0, 0.05) is 24.2 Å². The zero-order chi connectivity index (χ0) is 15.1. The summed E-state index contributed by atoms with van der Waals surface area (Å²) in [4.78, 5) is 15.9.